The van der Waals surface area contributed by atoms with Gasteiger partial charge in [-0.25, -0.2) is 0 Å². The number of nitrogens with one attached hydrogen (secondary N) is 2. The Morgan fingerprint density at radius 1 is 1.38 bits per heavy atom. The van der Waals surface area contributed by atoms with E-state index in [-0.39, 0.29) is 17.9 Å². The molecular weight excluding hydrogens is 204 g/mol. The Balaban J connectivity index is 2.00. The fourth-order valence-corrected chi connectivity index (χ4v) is 1.72. The maximum Gasteiger partial charge on any atom is 0.221 e. The van der Waals surface area contributed by atoms with E-state index in [9.17, 15) is 9.59 Å². The van der Waals surface area contributed by atoms with Crippen LogP contribution in [0.4, 0.5) is 5.69 Å². The molecule has 1 aliphatic rings. The van der Waals surface area contributed by atoms with Crippen LogP contribution >= 0.6 is 0 Å². The molecular formula is C12H14N2O2. The Labute approximate surface area is 94.0 Å². The minimum absolute atomic E-state index is 0.00989. The first-order chi connectivity index (χ1) is 7.65. The predicted octanol–water partition coefficient (Wildman–Crippen LogP) is 1.54. The largest absolute Gasteiger partial charge is 0.365 e. The normalized spacial score (nSPS) is 19.3. The van der Waals surface area contributed by atoms with E-state index in [4.69, 9.17) is 0 Å². The summed E-state index contributed by atoms with van der Waals surface area (Å²) in [5, 5.41) is 6.02. The summed E-state index contributed by atoms with van der Waals surface area (Å²) in [6.07, 6.45) is 1.38. The van der Waals surface area contributed by atoms with E-state index >= 15 is 0 Å². The lowest BCUT2D eigenvalue weighted by Crippen LogP contribution is -2.32. The van der Waals surface area contributed by atoms with Crippen LogP contribution in [0.5, 0.6) is 0 Å². The molecule has 1 aliphatic heterocycles. The Morgan fingerprint density at radius 2 is 2.06 bits per heavy atom. The number of benzene rings is 1. The van der Waals surface area contributed by atoms with E-state index in [0.29, 0.717) is 12.0 Å². The molecule has 2 rings (SSSR count). The maximum atomic E-state index is 11.1. The van der Waals surface area contributed by atoms with Crippen LogP contribution in [0.15, 0.2) is 24.3 Å². The van der Waals surface area contributed by atoms with Crippen LogP contribution in [-0.4, -0.2) is 17.9 Å². The molecule has 0 bridgehead atoms. The SMILES string of the molecule is CC(=O)c1ccc(NC2CCC(=O)N2)cc1. The molecule has 0 aromatic heterocycles. The molecule has 1 atom stereocenters. The zero-order valence-electron chi connectivity index (χ0n) is 9.12. The smallest absolute Gasteiger partial charge is 0.221 e. The average Bonchev–Trinajstić information content (AvgIpc) is 2.65. The number of carbonyl (C=O) groups excluding carboxylic acids is 2. The van der Waals surface area contributed by atoms with Gasteiger partial charge in [-0.05, 0) is 37.6 Å². The van der Waals surface area contributed by atoms with Gasteiger partial charge in [-0.15, -0.1) is 0 Å². The number of rotatable bonds is 3. The molecule has 4 heteroatoms. The third-order valence-corrected chi connectivity index (χ3v) is 2.63. The average molecular weight is 218 g/mol. The van der Waals surface area contributed by atoms with Crippen LogP contribution in [0.25, 0.3) is 0 Å². The van der Waals surface area contributed by atoms with Gasteiger partial charge in [0.2, 0.25) is 5.91 Å². The van der Waals surface area contributed by atoms with Crippen molar-refractivity contribution in [3.8, 4) is 0 Å². The Kier molecular flexibility index (Phi) is 2.90. The number of carbonyl (C=O) groups is 2. The van der Waals surface area contributed by atoms with E-state index in [0.717, 1.165) is 12.1 Å². The first kappa shape index (κ1) is 10.7. The highest BCUT2D eigenvalue weighted by molar-refractivity contribution is 5.94. The Morgan fingerprint density at radius 3 is 2.56 bits per heavy atom. The van der Waals surface area contributed by atoms with Gasteiger partial charge in [-0.2, -0.15) is 0 Å². The second-order valence-electron chi connectivity index (χ2n) is 3.94. The third-order valence-electron chi connectivity index (χ3n) is 2.63. The van der Waals surface area contributed by atoms with E-state index in [1.807, 2.05) is 12.1 Å². The molecule has 84 valence electrons. The molecule has 1 fully saturated rings. The number of anilines is 1. The molecule has 0 aliphatic carbocycles. The number of hydrogen-bond acceptors (Lipinski definition) is 3. The minimum Gasteiger partial charge on any atom is -0.365 e. The minimum atomic E-state index is 0.00989. The summed E-state index contributed by atoms with van der Waals surface area (Å²) in [5.41, 5.74) is 1.61. The highest BCUT2D eigenvalue weighted by atomic mass is 16.2. The molecule has 1 saturated heterocycles. The number of hydrogen-bond donors (Lipinski definition) is 2. The number of amides is 1. The molecule has 0 radical (unpaired) electrons. The Bertz CT molecular complexity index is 412. The molecule has 0 spiro atoms. The van der Waals surface area contributed by atoms with Crippen molar-refractivity contribution in [2.45, 2.75) is 25.9 Å². The van der Waals surface area contributed by atoms with Crippen LogP contribution < -0.4 is 10.6 Å². The zero-order chi connectivity index (χ0) is 11.5. The summed E-state index contributed by atoms with van der Waals surface area (Å²) in [5.74, 6) is 0.138. The highest BCUT2D eigenvalue weighted by Gasteiger charge is 2.19. The topological polar surface area (TPSA) is 58.2 Å². The maximum absolute atomic E-state index is 11.1. The lowest BCUT2D eigenvalue weighted by Gasteiger charge is -2.13. The van der Waals surface area contributed by atoms with Gasteiger partial charge in [0.25, 0.3) is 0 Å². The van der Waals surface area contributed by atoms with Crippen molar-refractivity contribution in [1.82, 2.24) is 5.32 Å². The molecule has 2 N–H and O–H groups in total. The van der Waals surface area contributed by atoms with Gasteiger partial charge >= 0.3 is 0 Å². The standard InChI is InChI=1S/C12H14N2O2/c1-8(15)9-2-4-10(5-3-9)13-11-6-7-12(16)14-11/h2-5,11,13H,6-7H2,1H3,(H,14,16). The zero-order valence-corrected chi connectivity index (χ0v) is 9.12. The quantitative estimate of drug-likeness (QED) is 0.756. The summed E-state index contributed by atoms with van der Waals surface area (Å²) in [4.78, 5) is 22.1. The molecule has 16 heavy (non-hydrogen) atoms. The van der Waals surface area contributed by atoms with Crippen molar-refractivity contribution in [3.05, 3.63) is 29.8 Å². The lowest BCUT2D eigenvalue weighted by molar-refractivity contribution is -0.119. The number of Topliss-reactive ketones (excluding diaryl/α,β-unsaturated/α-hetero) is 1. The van der Waals surface area contributed by atoms with Crippen LogP contribution in [0, 0.1) is 0 Å². The second-order valence-corrected chi connectivity index (χ2v) is 3.94. The van der Waals surface area contributed by atoms with Gasteiger partial charge in [-0.3, -0.25) is 9.59 Å². The molecule has 1 aromatic rings. The number of ketones is 1. The summed E-state index contributed by atoms with van der Waals surface area (Å²) in [6, 6.07) is 7.26. The Hall–Kier alpha value is -1.84. The van der Waals surface area contributed by atoms with Crippen molar-refractivity contribution < 1.29 is 9.59 Å². The molecule has 0 saturated carbocycles. The lowest BCUT2D eigenvalue weighted by atomic mass is 10.1. The van der Waals surface area contributed by atoms with Crippen molar-refractivity contribution in [3.63, 3.8) is 0 Å². The fourth-order valence-electron chi connectivity index (χ4n) is 1.72. The van der Waals surface area contributed by atoms with Gasteiger partial charge in [0.05, 0.1) is 6.17 Å². The monoisotopic (exact) mass is 218 g/mol. The first-order valence-electron chi connectivity index (χ1n) is 5.32. The van der Waals surface area contributed by atoms with Gasteiger partial charge in [0.15, 0.2) is 5.78 Å². The van der Waals surface area contributed by atoms with E-state index < -0.39 is 0 Å². The van der Waals surface area contributed by atoms with Crippen molar-refractivity contribution in [2.24, 2.45) is 0 Å². The fraction of sp³-hybridized carbons (Fsp3) is 0.333. The van der Waals surface area contributed by atoms with Gasteiger partial charge in [0, 0.05) is 17.7 Å². The molecule has 4 nitrogen and oxygen atoms in total. The van der Waals surface area contributed by atoms with Crippen molar-refractivity contribution >= 4 is 17.4 Å². The first-order valence-corrected chi connectivity index (χ1v) is 5.32. The van der Waals surface area contributed by atoms with Crippen molar-refractivity contribution in [2.75, 3.05) is 5.32 Å². The van der Waals surface area contributed by atoms with E-state index in [2.05, 4.69) is 10.6 Å². The van der Waals surface area contributed by atoms with E-state index in [1.54, 1.807) is 19.1 Å². The molecule has 1 aromatic carbocycles. The summed E-state index contributed by atoms with van der Waals surface area (Å²) >= 11 is 0. The third kappa shape index (κ3) is 2.39. The van der Waals surface area contributed by atoms with E-state index in [1.165, 1.54) is 0 Å². The van der Waals surface area contributed by atoms with Crippen LogP contribution in [0.1, 0.15) is 30.1 Å². The van der Waals surface area contributed by atoms with Gasteiger partial charge < -0.3 is 10.6 Å². The van der Waals surface area contributed by atoms with Crippen molar-refractivity contribution in [1.29, 1.82) is 0 Å². The predicted molar refractivity (Wildman–Crippen MR) is 61.2 cm³/mol. The van der Waals surface area contributed by atoms with Gasteiger partial charge in [0.1, 0.15) is 0 Å². The molecule has 1 unspecified atom stereocenters. The van der Waals surface area contributed by atoms with Gasteiger partial charge in [-0.1, -0.05) is 0 Å². The summed E-state index contributed by atoms with van der Waals surface area (Å²) < 4.78 is 0. The van der Waals surface area contributed by atoms with Crippen LogP contribution in [-0.2, 0) is 4.79 Å². The second kappa shape index (κ2) is 4.35. The van der Waals surface area contributed by atoms with Crippen LogP contribution in [0.2, 0.25) is 0 Å². The molecule has 1 amide bonds. The van der Waals surface area contributed by atoms with Crippen LogP contribution in [0.3, 0.4) is 0 Å². The summed E-state index contributed by atoms with van der Waals surface area (Å²) in [6.45, 7) is 1.54. The highest BCUT2D eigenvalue weighted by Crippen LogP contribution is 2.14. The molecule has 1 heterocycles. The summed E-state index contributed by atoms with van der Waals surface area (Å²) in [7, 11) is 0.